The summed E-state index contributed by atoms with van der Waals surface area (Å²) >= 11 is 0. The molecular formula is C15H23N2O5S2+. The number of hydrogen-bond acceptors (Lipinski definition) is 5. The summed E-state index contributed by atoms with van der Waals surface area (Å²) < 4.78 is 50.1. The van der Waals surface area contributed by atoms with E-state index < -0.39 is 26.0 Å². The molecule has 3 rings (SSSR count). The summed E-state index contributed by atoms with van der Waals surface area (Å²) in [7, 11) is -6.71. The highest BCUT2D eigenvalue weighted by Crippen LogP contribution is 2.17. The molecule has 2 aliphatic heterocycles. The Labute approximate surface area is 142 Å². The van der Waals surface area contributed by atoms with Gasteiger partial charge in [0.2, 0.25) is 10.0 Å². The average molecular weight is 375 g/mol. The van der Waals surface area contributed by atoms with Crippen molar-refractivity contribution >= 4 is 19.9 Å². The van der Waals surface area contributed by atoms with Crippen molar-refractivity contribution in [2.45, 2.75) is 24.0 Å². The zero-order valence-electron chi connectivity index (χ0n) is 13.6. The van der Waals surface area contributed by atoms with E-state index in [4.69, 9.17) is 0 Å². The van der Waals surface area contributed by atoms with Gasteiger partial charge in [-0.2, -0.15) is 4.31 Å². The molecular weight excluding hydrogens is 352 g/mol. The highest BCUT2D eigenvalue weighted by molar-refractivity contribution is 7.91. The molecule has 0 spiro atoms. The lowest BCUT2D eigenvalue weighted by atomic mass is 10.1. The van der Waals surface area contributed by atoms with Crippen LogP contribution in [0.5, 0.6) is 0 Å². The Morgan fingerprint density at radius 3 is 2.21 bits per heavy atom. The number of aliphatic hydroxyl groups is 1. The van der Waals surface area contributed by atoms with Crippen molar-refractivity contribution < 1.29 is 26.8 Å². The second-order valence-corrected chi connectivity index (χ2v) is 10.7. The van der Waals surface area contributed by atoms with Crippen LogP contribution in [0.25, 0.3) is 0 Å². The van der Waals surface area contributed by atoms with E-state index in [1.165, 1.54) is 4.31 Å². The molecule has 0 aromatic heterocycles. The highest BCUT2D eigenvalue weighted by atomic mass is 32.2. The number of piperazine rings is 1. The van der Waals surface area contributed by atoms with Crippen molar-refractivity contribution in [3.63, 3.8) is 0 Å². The first-order chi connectivity index (χ1) is 11.2. The Balaban J connectivity index is 1.68. The standard InChI is InChI=1S/C15H22N2O5S2/c1-12-2-4-13(5-3-12)24(21,22)17-8-6-16(7-9-17)14-10-23(19,20)11-15(14)18/h2-5,14-15,18H,6-11H2,1H3/p+1/t14-,15-/m0/s1. The molecule has 0 aliphatic carbocycles. The number of sulfonamides is 1. The molecule has 9 heteroatoms. The minimum absolute atomic E-state index is 0.0196. The van der Waals surface area contributed by atoms with E-state index in [9.17, 15) is 21.9 Å². The fourth-order valence-corrected chi connectivity index (χ4v) is 6.80. The van der Waals surface area contributed by atoms with Crippen LogP contribution in [0, 0.1) is 6.92 Å². The summed E-state index contributed by atoms with van der Waals surface area (Å²) in [5, 5.41) is 9.97. The van der Waals surface area contributed by atoms with E-state index in [0.29, 0.717) is 26.2 Å². The summed E-state index contributed by atoms with van der Waals surface area (Å²) in [5.74, 6) is -0.208. The lowest BCUT2D eigenvalue weighted by Crippen LogP contribution is -3.19. The zero-order chi connectivity index (χ0) is 17.5. The van der Waals surface area contributed by atoms with Crippen molar-refractivity contribution in [1.29, 1.82) is 0 Å². The fraction of sp³-hybridized carbons (Fsp3) is 0.600. The van der Waals surface area contributed by atoms with Crippen LogP contribution in [0.3, 0.4) is 0 Å². The van der Waals surface area contributed by atoms with Crippen molar-refractivity contribution in [3.8, 4) is 0 Å². The van der Waals surface area contributed by atoms with Gasteiger partial charge in [0.25, 0.3) is 0 Å². The number of aliphatic hydroxyl groups excluding tert-OH is 1. The molecule has 24 heavy (non-hydrogen) atoms. The third-order valence-corrected chi connectivity index (χ3v) is 8.50. The van der Waals surface area contributed by atoms with Gasteiger partial charge in [0, 0.05) is 0 Å². The molecule has 2 N–H and O–H groups in total. The van der Waals surface area contributed by atoms with Gasteiger partial charge in [-0.1, -0.05) is 17.7 Å². The molecule has 2 saturated heterocycles. The zero-order valence-corrected chi connectivity index (χ0v) is 15.2. The van der Waals surface area contributed by atoms with Crippen molar-refractivity contribution in [2.75, 3.05) is 37.7 Å². The van der Waals surface area contributed by atoms with Crippen LogP contribution in [0.4, 0.5) is 0 Å². The van der Waals surface area contributed by atoms with Crippen LogP contribution in [0.15, 0.2) is 29.2 Å². The molecule has 0 bridgehead atoms. The Morgan fingerprint density at radius 2 is 1.71 bits per heavy atom. The van der Waals surface area contributed by atoms with E-state index in [1.807, 2.05) is 6.92 Å². The number of rotatable bonds is 3. The number of benzene rings is 1. The predicted molar refractivity (Wildman–Crippen MR) is 89.1 cm³/mol. The van der Waals surface area contributed by atoms with E-state index in [2.05, 4.69) is 0 Å². The average Bonchev–Trinajstić information content (AvgIpc) is 2.81. The SMILES string of the molecule is Cc1ccc(S(=O)(=O)N2CC[NH+]([C@H]3CS(=O)(=O)C[C@@H]3O)CC2)cc1. The Kier molecular flexibility index (Phi) is 4.73. The summed E-state index contributed by atoms with van der Waals surface area (Å²) in [6, 6.07) is 6.41. The smallest absolute Gasteiger partial charge is 0.243 e. The lowest BCUT2D eigenvalue weighted by molar-refractivity contribution is -0.928. The van der Waals surface area contributed by atoms with Crippen LogP contribution in [-0.4, -0.2) is 76.1 Å². The summed E-state index contributed by atoms with van der Waals surface area (Å²) in [5.41, 5.74) is 1.000. The van der Waals surface area contributed by atoms with E-state index in [0.717, 1.165) is 10.5 Å². The maximum absolute atomic E-state index is 12.7. The van der Waals surface area contributed by atoms with Crippen LogP contribution < -0.4 is 4.90 Å². The van der Waals surface area contributed by atoms with Gasteiger partial charge in [-0.05, 0) is 19.1 Å². The number of sulfone groups is 1. The number of nitrogens with zero attached hydrogens (tertiary/aromatic N) is 1. The Morgan fingerprint density at radius 1 is 1.12 bits per heavy atom. The van der Waals surface area contributed by atoms with Crippen molar-refractivity contribution in [3.05, 3.63) is 29.8 Å². The molecule has 1 aromatic carbocycles. The third-order valence-electron chi connectivity index (χ3n) is 4.87. The first kappa shape index (κ1) is 17.8. The number of nitrogens with one attached hydrogen (secondary N) is 1. The van der Waals surface area contributed by atoms with Gasteiger partial charge in [0.05, 0.1) is 36.8 Å². The summed E-state index contributed by atoms with van der Waals surface area (Å²) in [6.45, 7) is 3.56. The summed E-state index contributed by atoms with van der Waals surface area (Å²) in [4.78, 5) is 1.25. The molecule has 0 radical (unpaired) electrons. The minimum Gasteiger partial charge on any atom is -0.386 e. The molecule has 134 valence electrons. The van der Waals surface area contributed by atoms with Gasteiger partial charge in [-0.3, -0.25) is 0 Å². The maximum atomic E-state index is 12.7. The van der Waals surface area contributed by atoms with Crippen molar-refractivity contribution in [2.24, 2.45) is 0 Å². The highest BCUT2D eigenvalue weighted by Gasteiger charge is 2.44. The molecule has 2 heterocycles. The molecule has 2 atom stereocenters. The van der Waals surface area contributed by atoms with Gasteiger partial charge < -0.3 is 10.0 Å². The third kappa shape index (κ3) is 3.50. The first-order valence-electron chi connectivity index (χ1n) is 7.99. The largest absolute Gasteiger partial charge is 0.386 e. The van der Waals surface area contributed by atoms with Crippen LogP contribution in [-0.2, 0) is 19.9 Å². The fourth-order valence-electron chi connectivity index (χ4n) is 3.46. The van der Waals surface area contributed by atoms with E-state index >= 15 is 0 Å². The lowest BCUT2D eigenvalue weighted by Gasteiger charge is -2.35. The predicted octanol–water partition coefficient (Wildman–Crippen LogP) is -1.96. The van der Waals surface area contributed by atoms with Gasteiger partial charge in [-0.15, -0.1) is 0 Å². The molecule has 2 aliphatic rings. The molecule has 0 saturated carbocycles. The molecule has 0 unspecified atom stereocenters. The Hall–Kier alpha value is -1.00. The number of hydrogen-bond donors (Lipinski definition) is 2. The molecule has 2 fully saturated rings. The topological polar surface area (TPSA) is 96.2 Å². The van der Waals surface area contributed by atoms with Gasteiger partial charge in [0.15, 0.2) is 9.84 Å². The second kappa shape index (κ2) is 6.38. The van der Waals surface area contributed by atoms with E-state index in [-0.39, 0.29) is 22.4 Å². The minimum atomic E-state index is -3.52. The molecule has 7 nitrogen and oxygen atoms in total. The van der Waals surface area contributed by atoms with Crippen LogP contribution in [0.1, 0.15) is 5.56 Å². The Bertz CT molecular complexity index is 797. The number of aryl methyl sites for hydroxylation is 1. The van der Waals surface area contributed by atoms with E-state index in [1.54, 1.807) is 24.3 Å². The van der Waals surface area contributed by atoms with Gasteiger partial charge in [-0.25, -0.2) is 16.8 Å². The van der Waals surface area contributed by atoms with Gasteiger partial charge >= 0.3 is 0 Å². The van der Waals surface area contributed by atoms with Crippen molar-refractivity contribution in [1.82, 2.24) is 4.31 Å². The normalized spacial score (nSPS) is 28.9. The van der Waals surface area contributed by atoms with Gasteiger partial charge in [0.1, 0.15) is 17.9 Å². The molecule has 0 amide bonds. The first-order valence-corrected chi connectivity index (χ1v) is 11.2. The quantitative estimate of drug-likeness (QED) is 0.640. The van der Waals surface area contributed by atoms with Crippen LogP contribution in [0.2, 0.25) is 0 Å². The second-order valence-electron chi connectivity index (χ2n) is 6.63. The maximum Gasteiger partial charge on any atom is 0.243 e. The van der Waals surface area contributed by atoms with Crippen LogP contribution >= 0.6 is 0 Å². The number of quaternary nitrogens is 1. The molecule has 1 aromatic rings. The summed E-state index contributed by atoms with van der Waals surface area (Å²) in [6.07, 6.45) is -0.856. The monoisotopic (exact) mass is 375 g/mol.